The number of hydrogen-bond donors (Lipinski definition) is 2. The van der Waals surface area contributed by atoms with E-state index in [1.807, 2.05) is 49.4 Å². The van der Waals surface area contributed by atoms with Crippen LogP contribution in [0.3, 0.4) is 0 Å². The number of ether oxygens (including phenoxy) is 1. The second-order valence-corrected chi connectivity index (χ2v) is 6.94. The van der Waals surface area contributed by atoms with Crippen LogP contribution in [0, 0.1) is 12.8 Å². The van der Waals surface area contributed by atoms with Crippen molar-refractivity contribution in [2.24, 2.45) is 5.92 Å². The number of rotatable bonds is 6. The number of methoxy groups -OCH3 is 1. The maximum absolute atomic E-state index is 13.0. The summed E-state index contributed by atoms with van der Waals surface area (Å²) in [7, 11) is 1.37. The van der Waals surface area contributed by atoms with Gasteiger partial charge in [0.2, 0.25) is 5.91 Å². The quantitative estimate of drug-likeness (QED) is 0.604. The molecule has 1 aliphatic heterocycles. The second-order valence-electron chi connectivity index (χ2n) is 6.94. The number of nitrogens with two attached hydrogens (primary N) is 1. The molecule has 0 radical (unpaired) electrons. The molecule has 1 saturated heterocycles. The molecule has 142 valence electrons. The van der Waals surface area contributed by atoms with E-state index in [1.165, 1.54) is 12.7 Å². The van der Waals surface area contributed by atoms with Crippen LogP contribution in [0.15, 0.2) is 48.5 Å². The highest BCUT2D eigenvalue weighted by atomic mass is 16.5. The number of carbonyl (C=O) groups excluding carboxylic acids is 2. The number of para-hydroxylation sites is 2. The third kappa shape index (κ3) is 4.39. The van der Waals surface area contributed by atoms with Gasteiger partial charge in [0.05, 0.1) is 24.4 Å². The molecule has 1 atom stereocenters. The van der Waals surface area contributed by atoms with Crippen LogP contribution in [0.1, 0.15) is 11.1 Å². The van der Waals surface area contributed by atoms with Gasteiger partial charge in [-0.2, -0.15) is 0 Å². The van der Waals surface area contributed by atoms with Gasteiger partial charge in [-0.05, 0) is 24.6 Å². The molecule has 1 unspecified atom stereocenters. The Morgan fingerprint density at radius 2 is 1.85 bits per heavy atom. The van der Waals surface area contributed by atoms with E-state index in [0.29, 0.717) is 25.2 Å². The van der Waals surface area contributed by atoms with E-state index in [0.717, 1.165) is 11.3 Å². The molecule has 0 bridgehead atoms. The van der Waals surface area contributed by atoms with Crippen molar-refractivity contribution in [3.63, 3.8) is 0 Å². The lowest BCUT2D eigenvalue weighted by atomic mass is 9.96. The monoisotopic (exact) mass is 367 g/mol. The summed E-state index contributed by atoms with van der Waals surface area (Å²) in [5.41, 5.74) is 9.59. The van der Waals surface area contributed by atoms with Crippen molar-refractivity contribution in [1.29, 1.82) is 0 Å². The fourth-order valence-corrected chi connectivity index (χ4v) is 3.17. The average molecular weight is 367 g/mol. The highest BCUT2D eigenvalue weighted by Crippen LogP contribution is 2.23. The number of benzene rings is 2. The van der Waals surface area contributed by atoms with Gasteiger partial charge < -0.3 is 20.7 Å². The summed E-state index contributed by atoms with van der Waals surface area (Å²) < 4.78 is 4.75. The van der Waals surface area contributed by atoms with Crippen molar-refractivity contribution >= 4 is 23.3 Å². The van der Waals surface area contributed by atoms with Gasteiger partial charge in [-0.15, -0.1) is 0 Å². The van der Waals surface area contributed by atoms with Crippen molar-refractivity contribution < 1.29 is 14.3 Å². The Balaban J connectivity index is 1.75. The van der Waals surface area contributed by atoms with Gasteiger partial charge in [-0.3, -0.25) is 9.59 Å². The van der Waals surface area contributed by atoms with Crippen LogP contribution in [-0.4, -0.2) is 43.0 Å². The molecule has 1 aliphatic rings. The van der Waals surface area contributed by atoms with Crippen molar-refractivity contribution in [3.05, 3.63) is 59.7 Å². The zero-order chi connectivity index (χ0) is 19.4. The number of anilines is 2. The van der Waals surface area contributed by atoms with Crippen molar-refractivity contribution in [2.45, 2.75) is 19.4 Å². The fourth-order valence-electron chi connectivity index (χ4n) is 3.17. The Morgan fingerprint density at radius 1 is 1.19 bits per heavy atom. The summed E-state index contributed by atoms with van der Waals surface area (Å²) >= 11 is 0. The maximum Gasteiger partial charge on any atom is 0.312 e. The number of carbonyl (C=O) groups is 2. The molecule has 0 aromatic heterocycles. The van der Waals surface area contributed by atoms with Gasteiger partial charge in [-0.25, -0.2) is 0 Å². The van der Waals surface area contributed by atoms with Crippen LogP contribution in [0.2, 0.25) is 0 Å². The van der Waals surface area contributed by atoms with Gasteiger partial charge in [-0.1, -0.05) is 42.0 Å². The van der Waals surface area contributed by atoms with Crippen molar-refractivity contribution in [2.75, 3.05) is 31.2 Å². The molecular weight excluding hydrogens is 342 g/mol. The Kier molecular flexibility index (Phi) is 5.64. The van der Waals surface area contributed by atoms with Gasteiger partial charge >= 0.3 is 5.97 Å². The molecule has 1 fully saturated rings. The smallest absolute Gasteiger partial charge is 0.312 e. The third-order valence-corrected chi connectivity index (χ3v) is 4.88. The van der Waals surface area contributed by atoms with E-state index in [1.54, 1.807) is 11.0 Å². The molecule has 1 heterocycles. The number of nitrogen functional groups attached to an aromatic ring is 1. The molecule has 6 nitrogen and oxygen atoms in total. The average Bonchev–Trinajstić information content (AvgIpc) is 2.63. The molecular formula is C21H25N3O3. The van der Waals surface area contributed by atoms with Crippen LogP contribution in [0.4, 0.5) is 11.4 Å². The number of aryl methyl sites for hydroxylation is 1. The number of nitrogens with zero attached hydrogens (tertiary/aromatic N) is 1. The summed E-state index contributed by atoms with van der Waals surface area (Å²) in [5, 5.41) is 3.28. The molecule has 2 aromatic rings. The summed E-state index contributed by atoms with van der Waals surface area (Å²) in [6.07, 6.45) is 0.535. The molecule has 3 N–H and O–H groups in total. The summed E-state index contributed by atoms with van der Waals surface area (Å²) in [4.78, 5) is 26.3. The first-order valence-corrected chi connectivity index (χ1v) is 9.01. The summed E-state index contributed by atoms with van der Waals surface area (Å²) in [6, 6.07) is 15.0. The first-order chi connectivity index (χ1) is 13.0. The molecule has 0 spiro atoms. The minimum atomic E-state index is -0.462. The fraction of sp³-hybridized carbons (Fsp3) is 0.333. The molecule has 0 saturated carbocycles. The Bertz CT molecular complexity index is 814. The number of hydrogen-bond acceptors (Lipinski definition) is 5. The Hall–Kier alpha value is -3.02. The third-order valence-electron chi connectivity index (χ3n) is 4.88. The van der Waals surface area contributed by atoms with E-state index in [9.17, 15) is 9.59 Å². The number of esters is 1. The van der Waals surface area contributed by atoms with Crippen LogP contribution in [0.25, 0.3) is 0 Å². The van der Waals surface area contributed by atoms with E-state index >= 15 is 0 Å². The van der Waals surface area contributed by atoms with Gasteiger partial charge in [0.15, 0.2) is 0 Å². The number of likely N-dealkylation sites (tertiary alicyclic amines) is 1. The molecule has 3 rings (SSSR count). The standard InChI is InChI=1S/C21H25N3O3/c1-14-7-9-15(10-8-14)11-19(23-18-6-4-3-5-17(18)22)20(25)24-12-16(13-24)21(26)27-2/h3-10,16,19,23H,11-13,22H2,1-2H3. The Morgan fingerprint density at radius 3 is 2.48 bits per heavy atom. The van der Waals surface area contributed by atoms with Gasteiger partial charge in [0.25, 0.3) is 0 Å². The van der Waals surface area contributed by atoms with Crippen LogP contribution in [0.5, 0.6) is 0 Å². The minimum absolute atomic E-state index is 0.0426. The van der Waals surface area contributed by atoms with Gasteiger partial charge in [0.1, 0.15) is 6.04 Å². The number of nitrogens with one attached hydrogen (secondary N) is 1. The molecule has 1 amide bonds. The highest BCUT2D eigenvalue weighted by Gasteiger charge is 2.39. The van der Waals surface area contributed by atoms with E-state index in [2.05, 4.69) is 5.32 Å². The largest absolute Gasteiger partial charge is 0.469 e. The second kappa shape index (κ2) is 8.12. The van der Waals surface area contributed by atoms with Crippen molar-refractivity contribution in [1.82, 2.24) is 4.90 Å². The van der Waals surface area contributed by atoms with E-state index in [4.69, 9.17) is 10.5 Å². The maximum atomic E-state index is 13.0. The SMILES string of the molecule is COC(=O)C1CN(C(=O)C(Cc2ccc(C)cc2)Nc2ccccc2N)C1. The highest BCUT2D eigenvalue weighted by molar-refractivity contribution is 5.88. The molecule has 6 heteroatoms. The summed E-state index contributed by atoms with van der Waals surface area (Å²) in [5.74, 6) is -0.547. The summed E-state index contributed by atoms with van der Waals surface area (Å²) in [6.45, 7) is 2.81. The predicted molar refractivity (Wildman–Crippen MR) is 105 cm³/mol. The van der Waals surface area contributed by atoms with Crippen LogP contribution < -0.4 is 11.1 Å². The van der Waals surface area contributed by atoms with Crippen LogP contribution in [-0.2, 0) is 20.7 Å². The number of amides is 1. The zero-order valence-electron chi connectivity index (χ0n) is 15.6. The lowest BCUT2D eigenvalue weighted by Gasteiger charge is -2.39. The normalized spacial score (nSPS) is 15.0. The topological polar surface area (TPSA) is 84.7 Å². The first-order valence-electron chi connectivity index (χ1n) is 9.01. The van der Waals surface area contributed by atoms with E-state index in [-0.39, 0.29) is 17.8 Å². The lowest BCUT2D eigenvalue weighted by Crippen LogP contribution is -2.57. The zero-order valence-corrected chi connectivity index (χ0v) is 15.6. The van der Waals surface area contributed by atoms with Gasteiger partial charge in [0, 0.05) is 19.5 Å². The van der Waals surface area contributed by atoms with Crippen molar-refractivity contribution in [3.8, 4) is 0 Å². The minimum Gasteiger partial charge on any atom is -0.469 e. The molecule has 27 heavy (non-hydrogen) atoms. The predicted octanol–water partition coefficient (Wildman–Crippen LogP) is 2.23. The van der Waals surface area contributed by atoms with E-state index < -0.39 is 6.04 Å². The first kappa shape index (κ1) is 18.8. The lowest BCUT2D eigenvalue weighted by molar-refractivity contribution is -0.155. The molecule has 2 aromatic carbocycles. The Labute approximate surface area is 159 Å². The molecule has 0 aliphatic carbocycles. The van der Waals surface area contributed by atoms with Crippen LogP contribution >= 0.6 is 0 Å².